The number of carbonyl (C=O) groups excluding carboxylic acids is 2. The zero-order valence-electron chi connectivity index (χ0n) is 14.2. The van der Waals surface area contributed by atoms with Crippen LogP contribution in [0.15, 0.2) is 58.5 Å². The average Bonchev–Trinajstić information content (AvgIpc) is 2.98. The first-order chi connectivity index (χ1) is 13.0. The Balaban J connectivity index is 1.75. The molecule has 2 aliphatic rings. The van der Waals surface area contributed by atoms with Crippen molar-refractivity contribution < 1.29 is 14.3 Å². The van der Waals surface area contributed by atoms with Crippen molar-refractivity contribution in [1.29, 1.82) is 0 Å². The molecule has 4 nitrogen and oxygen atoms in total. The minimum absolute atomic E-state index is 0.348. The number of benzene rings is 2. The molecule has 0 aromatic heterocycles. The second-order valence-corrected chi connectivity index (χ2v) is 7.76. The molecule has 27 heavy (non-hydrogen) atoms. The molecule has 2 heterocycles. The molecule has 7 heteroatoms. The third-order valence-electron chi connectivity index (χ3n) is 4.32. The van der Waals surface area contributed by atoms with Gasteiger partial charge < -0.3 is 9.64 Å². The van der Waals surface area contributed by atoms with Gasteiger partial charge in [0.15, 0.2) is 0 Å². The van der Waals surface area contributed by atoms with E-state index in [-0.39, 0.29) is 0 Å². The molecule has 136 valence electrons. The number of fused-ring (bicyclic) bond motifs is 2. The van der Waals surface area contributed by atoms with E-state index in [4.69, 9.17) is 27.9 Å². The van der Waals surface area contributed by atoms with E-state index in [1.807, 2.05) is 25.1 Å². The molecule has 0 spiro atoms. The van der Waals surface area contributed by atoms with Gasteiger partial charge in [-0.2, -0.15) is 0 Å². The average molecular weight is 418 g/mol. The second-order valence-electron chi connectivity index (χ2n) is 5.89. The summed E-state index contributed by atoms with van der Waals surface area (Å²) in [5.74, 6) is -1.27. The van der Waals surface area contributed by atoms with Crippen LogP contribution < -0.4 is 4.90 Å². The standard InChI is InChI=1S/C20H13Cl2NO3S/c1-2-23-16-9-14(21)15(22)10-17(16)27-18(23)8-7-13-11-5-3-4-6-12(11)19(24)26-20(13)25/h3-10H,2H2,1H3/b13-7-,18-8-. The summed E-state index contributed by atoms with van der Waals surface area (Å²) >= 11 is 13.8. The van der Waals surface area contributed by atoms with Crippen LogP contribution in [0.1, 0.15) is 22.8 Å². The van der Waals surface area contributed by atoms with E-state index in [1.165, 1.54) is 0 Å². The van der Waals surface area contributed by atoms with Gasteiger partial charge in [-0.3, -0.25) is 0 Å². The summed E-state index contributed by atoms with van der Waals surface area (Å²) in [5, 5.41) is 1.93. The smallest absolute Gasteiger partial charge is 0.346 e. The third kappa shape index (κ3) is 3.16. The lowest BCUT2D eigenvalue weighted by atomic mass is 9.97. The molecule has 0 fully saturated rings. The summed E-state index contributed by atoms with van der Waals surface area (Å²) in [6, 6.07) is 10.6. The van der Waals surface area contributed by atoms with Gasteiger partial charge in [0.2, 0.25) is 0 Å². The number of hydrogen-bond acceptors (Lipinski definition) is 5. The van der Waals surface area contributed by atoms with Crippen molar-refractivity contribution in [3.63, 3.8) is 0 Å². The van der Waals surface area contributed by atoms with Gasteiger partial charge in [0.1, 0.15) is 0 Å². The van der Waals surface area contributed by atoms with Crippen LogP contribution >= 0.6 is 35.0 Å². The Labute approximate surface area is 170 Å². The predicted octanol–water partition coefficient (Wildman–Crippen LogP) is 5.55. The Morgan fingerprint density at radius 1 is 1.04 bits per heavy atom. The Kier molecular flexibility index (Phi) is 4.76. The molecule has 0 amide bonds. The lowest BCUT2D eigenvalue weighted by Gasteiger charge is -2.19. The Morgan fingerprint density at radius 2 is 1.74 bits per heavy atom. The number of thioether (sulfide) groups is 1. The molecular weight excluding hydrogens is 405 g/mol. The fraction of sp³-hybridized carbons (Fsp3) is 0.100. The summed E-state index contributed by atoms with van der Waals surface area (Å²) in [6.07, 6.45) is 3.53. The van der Waals surface area contributed by atoms with E-state index in [9.17, 15) is 9.59 Å². The molecular formula is C20H13Cl2NO3S. The first kappa shape index (κ1) is 18.2. The highest BCUT2D eigenvalue weighted by molar-refractivity contribution is 8.03. The van der Waals surface area contributed by atoms with Crippen LogP contribution in [0.2, 0.25) is 10.0 Å². The van der Waals surface area contributed by atoms with Gasteiger partial charge in [0.25, 0.3) is 0 Å². The lowest BCUT2D eigenvalue weighted by Crippen LogP contribution is -2.22. The largest absolute Gasteiger partial charge is 0.386 e. The topological polar surface area (TPSA) is 46.6 Å². The van der Waals surface area contributed by atoms with E-state index < -0.39 is 11.9 Å². The van der Waals surface area contributed by atoms with Crippen molar-refractivity contribution in [2.24, 2.45) is 0 Å². The first-order valence-electron chi connectivity index (χ1n) is 8.22. The van der Waals surface area contributed by atoms with Gasteiger partial charge in [0.05, 0.1) is 31.9 Å². The summed E-state index contributed by atoms with van der Waals surface area (Å²) < 4.78 is 4.86. The molecule has 0 N–H and O–H groups in total. The minimum Gasteiger partial charge on any atom is -0.386 e. The van der Waals surface area contributed by atoms with Crippen molar-refractivity contribution in [2.75, 3.05) is 11.4 Å². The normalized spacial score (nSPS) is 18.7. The molecule has 0 radical (unpaired) electrons. The van der Waals surface area contributed by atoms with Gasteiger partial charge in [-0.1, -0.05) is 53.2 Å². The molecule has 2 aliphatic heterocycles. The summed E-state index contributed by atoms with van der Waals surface area (Å²) in [6.45, 7) is 2.76. The molecule has 0 saturated carbocycles. The number of halogens is 2. The highest BCUT2D eigenvalue weighted by Crippen LogP contribution is 2.48. The number of cyclic esters (lactones) is 2. The molecule has 2 aromatic carbocycles. The fourth-order valence-electron chi connectivity index (χ4n) is 3.06. The number of ether oxygens (including phenoxy) is 1. The number of carbonyl (C=O) groups is 2. The van der Waals surface area contributed by atoms with Crippen molar-refractivity contribution >= 4 is 58.2 Å². The predicted molar refractivity (Wildman–Crippen MR) is 108 cm³/mol. The van der Waals surface area contributed by atoms with Gasteiger partial charge in [-0.15, -0.1) is 0 Å². The summed E-state index contributed by atoms with van der Waals surface area (Å²) in [4.78, 5) is 27.2. The fourth-order valence-corrected chi connectivity index (χ4v) is 4.60. The van der Waals surface area contributed by atoms with Crippen LogP contribution in [0.4, 0.5) is 5.69 Å². The summed E-state index contributed by atoms with van der Waals surface area (Å²) in [7, 11) is 0. The Morgan fingerprint density at radius 3 is 2.48 bits per heavy atom. The number of hydrogen-bond donors (Lipinski definition) is 0. The van der Waals surface area contributed by atoms with Crippen LogP contribution in [0.3, 0.4) is 0 Å². The highest BCUT2D eigenvalue weighted by Gasteiger charge is 2.29. The van der Waals surface area contributed by atoms with Crippen molar-refractivity contribution in [1.82, 2.24) is 0 Å². The zero-order chi connectivity index (χ0) is 19.1. The quantitative estimate of drug-likeness (QED) is 0.364. The van der Waals surface area contributed by atoms with Gasteiger partial charge >= 0.3 is 11.9 Å². The molecule has 0 saturated heterocycles. The number of allylic oxidation sites excluding steroid dienone is 2. The number of anilines is 1. The zero-order valence-corrected chi connectivity index (χ0v) is 16.5. The molecule has 0 unspecified atom stereocenters. The van der Waals surface area contributed by atoms with E-state index in [1.54, 1.807) is 42.1 Å². The maximum Gasteiger partial charge on any atom is 0.346 e. The van der Waals surface area contributed by atoms with Crippen LogP contribution in [-0.4, -0.2) is 18.5 Å². The SMILES string of the molecule is CCN1/C(=C/C=C2\C(=O)OC(=O)c3ccccc32)Sc2cc(Cl)c(Cl)cc21. The maximum absolute atomic E-state index is 12.2. The van der Waals surface area contributed by atoms with Gasteiger partial charge in [-0.25, -0.2) is 9.59 Å². The Bertz CT molecular complexity index is 1050. The van der Waals surface area contributed by atoms with Crippen LogP contribution in [-0.2, 0) is 9.53 Å². The molecule has 0 atom stereocenters. The molecule has 2 aromatic rings. The van der Waals surface area contributed by atoms with Gasteiger partial charge in [0, 0.05) is 17.0 Å². The molecule has 0 aliphatic carbocycles. The monoisotopic (exact) mass is 417 g/mol. The van der Waals surface area contributed by atoms with E-state index in [2.05, 4.69) is 4.90 Å². The highest BCUT2D eigenvalue weighted by atomic mass is 35.5. The van der Waals surface area contributed by atoms with Crippen molar-refractivity contribution in [2.45, 2.75) is 11.8 Å². The van der Waals surface area contributed by atoms with Gasteiger partial charge in [-0.05, 0) is 37.3 Å². The molecule has 4 rings (SSSR count). The minimum atomic E-state index is -0.648. The van der Waals surface area contributed by atoms with E-state index >= 15 is 0 Å². The number of esters is 2. The van der Waals surface area contributed by atoms with Crippen molar-refractivity contribution in [3.8, 4) is 0 Å². The third-order valence-corrected chi connectivity index (χ3v) is 6.16. The maximum atomic E-state index is 12.2. The second kappa shape index (κ2) is 7.08. The molecule has 0 bridgehead atoms. The van der Waals surface area contributed by atoms with E-state index in [0.29, 0.717) is 26.7 Å². The Hall–Kier alpha value is -2.21. The van der Waals surface area contributed by atoms with Crippen molar-refractivity contribution in [3.05, 3.63) is 74.8 Å². The van der Waals surface area contributed by atoms with Crippen LogP contribution in [0.25, 0.3) is 5.57 Å². The van der Waals surface area contributed by atoms with Crippen LogP contribution in [0.5, 0.6) is 0 Å². The number of nitrogens with zero attached hydrogens (tertiary/aromatic N) is 1. The van der Waals surface area contributed by atoms with Crippen LogP contribution in [0, 0.1) is 0 Å². The lowest BCUT2D eigenvalue weighted by molar-refractivity contribution is -0.131. The summed E-state index contributed by atoms with van der Waals surface area (Å²) in [5.41, 5.74) is 2.28. The van der Waals surface area contributed by atoms with E-state index in [0.717, 1.165) is 22.2 Å². The number of rotatable bonds is 2. The first-order valence-corrected chi connectivity index (χ1v) is 9.79.